The predicted octanol–water partition coefficient (Wildman–Crippen LogP) is 2.79. The number of carbonyl (C=O) groups excluding carboxylic acids is 1. The molecule has 0 unspecified atom stereocenters. The predicted molar refractivity (Wildman–Crippen MR) is 139 cm³/mol. The monoisotopic (exact) mass is 607 g/mol. The lowest BCUT2D eigenvalue weighted by molar-refractivity contribution is -0.139. The van der Waals surface area contributed by atoms with Crippen LogP contribution in [0.4, 0.5) is 0 Å². The van der Waals surface area contributed by atoms with Gasteiger partial charge in [-0.25, -0.2) is 18.6 Å². The van der Waals surface area contributed by atoms with Crippen LogP contribution in [0.5, 0.6) is 5.75 Å². The summed E-state index contributed by atoms with van der Waals surface area (Å²) in [6, 6.07) is 20.7. The Morgan fingerprint density at radius 2 is 1.74 bits per heavy atom. The van der Waals surface area contributed by atoms with Crippen molar-refractivity contribution in [3.63, 3.8) is 0 Å². The summed E-state index contributed by atoms with van der Waals surface area (Å²) in [7, 11) is -3.97. The second-order valence-corrected chi connectivity index (χ2v) is 10.3. The number of hydrogen-bond acceptors (Lipinski definition) is 6. The molecule has 0 aliphatic heterocycles. The molecule has 0 aliphatic carbocycles. The number of hydrogen-bond donors (Lipinski definition) is 3. The van der Waals surface area contributed by atoms with Crippen molar-refractivity contribution < 1.29 is 27.9 Å². The number of carbonyl (C=O) groups is 2. The van der Waals surface area contributed by atoms with Gasteiger partial charge in [-0.15, -0.1) is 0 Å². The number of halogens is 1. The van der Waals surface area contributed by atoms with Crippen molar-refractivity contribution >= 4 is 50.7 Å². The fraction of sp³-hybridized carbons (Fsp3) is 0.125. The fourth-order valence-electron chi connectivity index (χ4n) is 2.98. The Morgan fingerprint density at radius 3 is 2.43 bits per heavy atom. The summed E-state index contributed by atoms with van der Waals surface area (Å²) in [4.78, 5) is 23.6. The van der Waals surface area contributed by atoms with Crippen molar-refractivity contribution in [1.82, 2.24) is 10.1 Å². The summed E-state index contributed by atoms with van der Waals surface area (Å²) in [6.45, 7) is -0.487. The lowest BCUT2D eigenvalue weighted by atomic mass is 10.1. The number of amides is 1. The third kappa shape index (κ3) is 8.46. The molecule has 3 rings (SSSR count). The normalized spacial score (nSPS) is 12.3. The van der Waals surface area contributed by atoms with Crippen LogP contribution in [-0.2, 0) is 26.0 Å². The van der Waals surface area contributed by atoms with Gasteiger partial charge in [0.05, 0.1) is 11.1 Å². The molecule has 35 heavy (non-hydrogen) atoms. The van der Waals surface area contributed by atoms with Crippen LogP contribution in [0.25, 0.3) is 0 Å². The SMILES string of the molecule is O=C(O)COc1cccc(/C=N\NC(=O)[C@H](Cc2ccccc2)NS(=O)(=O)c2ccc(I)cc2)c1. The summed E-state index contributed by atoms with van der Waals surface area (Å²) in [6.07, 6.45) is 1.46. The van der Waals surface area contributed by atoms with E-state index in [-0.39, 0.29) is 11.3 Å². The summed E-state index contributed by atoms with van der Waals surface area (Å²) in [5, 5.41) is 12.6. The van der Waals surface area contributed by atoms with Gasteiger partial charge in [-0.2, -0.15) is 9.82 Å². The van der Waals surface area contributed by atoms with Crippen LogP contribution < -0.4 is 14.9 Å². The standard InChI is InChI=1S/C24H22IN3O6S/c25-19-9-11-21(12-10-19)35(32,33)28-22(14-17-5-2-1-3-6-17)24(31)27-26-15-18-7-4-8-20(13-18)34-16-23(29)30/h1-13,15,22,28H,14,16H2,(H,27,31)(H,29,30)/b26-15-/t22-/m0/s1. The quantitative estimate of drug-likeness (QED) is 0.175. The maximum atomic E-state index is 12.9. The molecule has 0 saturated heterocycles. The molecule has 0 bridgehead atoms. The van der Waals surface area contributed by atoms with E-state index < -0.39 is 34.5 Å². The Labute approximate surface area is 216 Å². The van der Waals surface area contributed by atoms with E-state index in [2.05, 4.69) is 37.8 Å². The fourth-order valence-corrected chi connectivity index (χ4v) is 4.54. The molecule has 0 fully saturated rings. The Morgan fingerprint density at radius 1 is 1.03 bits per heavy atom. The highest BCUT2D eigenvalue weighted by Gasteiger charge is 2.26. The van der Waals surface area contributed by atoms with Gasteiger partial charge in [0.25, 0.3) is 5.91 Å². The van der Waals surface area contributed by atoms with Crippen molar-refractivity contribution in [2.45, 2.75) is 17.4 Å². The van der Waals surface area contributed by atoms with E-state index >= 15 is 0 Å². The van der Waals surface area contributed by atoms with Gasteiger partial charge < -0.3 is 9.84 Å². The zero-order valence-corrected chi connectivity index (χ0v) is 21.3. The summed E-state index contributed by atoms with van der Waals surface area (Å²) in [5.41, 5.74) is 3.69. The van der Waals surface area contributed by atoms with Crippen molar-refractivity contribution in [2.75, 3.05) is 6.61 Å². The Balaban J connectivity index is 1.73. The number of rotatable bonds is 11. The first-order valence-corrected chi connectivity index (χ1v) is 12.9. The van der Waals surface area contributed by atoms with Gasteiger partial charge in [-0.3, -0.25) is 4.79 Å². The lowest BCUT2D eigenvalue weighted by Gasteiger charge is -2.17. The molecule has 3 aromatic rings. The van der Waals surface area contributed by atoms with Gasteiger partial charge in [0.15, 0.2) is 6.61 Å². The molecule has 11 heteroatoms. The van der Waals surface area contributed by atoms with Gasteiger partial charge in [-0.1, -0.05) is 42.5 Å². The van der Waals surface area contributed by atoms with Gasteiger partial charge in [-0.05, 0) is 76.5 Å². The smallest absolute Gasteiger partial charge is 0.341 e. The van der Waals surface area contributed by atoms with Crippen molar-refractivity contribution in [2.24, 2.45) is 5.10 Å². The molecule has 0 radical (unpaired) electrons. The van der Waals surface area contributed by atoms with E-state index in [1.54, 1.807) is 60.7 Å². The molecule has 3 aromatic carbocycles. The first-order valence-electron chi connectivity index (χ1n) is 10.3. The summed E-state index contributed by atoms with van der Waals surface area (Å²) < 4.78 is 34.3. The number of nitrogens with zero attached hydrogens (tertiary/aromatic N) is 1. The highest BCUT2D eigenvalue weighted by Crippen LogP contribution is 2.14. The van der Waals surface area contributed by atoms with Crippen LogP contribution in [0.3, 0.4) is 0 Å². The van der Waals surface area contributed by atoms with Gasteiger partial charge in [0.1, 0.15) is 11.8 Å². The molecule has 182 valence electrons. The first-order chi connectivity index (χ1) is 16.7. The molecule has 0 saturated carbocycles. The second-order valence-electron chi connectivity index (χ2n) is 7.31. The number of nitrogens with one attached hydrogen (secondary N) is 2. The Kier molecular flexibility index (Phi) is 9.34. The molecule has 1 atom stereocenters. The van der Waals surface area contributed by atoms with Crippen LogP contribution in [0.2, 0.25) is 0 Å². The van der Waals surface area contributed by atoms with E-state index in [9.17, 15) is 18.0 Å². The molecule has 1 amide bonds. The van der Waals surface area contributed by atoms with E-state index in [0.29, 0.717) is 11.3 Å². The topological polar surface area (TPSA) is 134 Å². The molecular formula is C24H22IN3O6S. The van der Waals surface area contributed by atoms with Crippen LogP contribution >= 0.6 is 22.6 Å². The molecule has 9 nitrogen and oxygen atoms in total. The highest BCUT2D eigenvalue weighted by molar-refractivity contribution is 14.1. The third-order valence-corrected chi connectivity index (χ3v) is 6.84. The van der Waals surface area contributed by atoms with E-state index in [4.69, 9.17) is 9.84 Å². The van der Waals surface area contributed by atoms with E-state index in [1.165, 1.54) is 18.3 Å². The lowest BCUT2D eigenvalue weighted by Crippen LogP contribution is -2.46. The summed E-state index contributed by atoms with van der Waals surface area (Å²) >= 11 is 2.08. The highest BCUT2D eigenvalue weighted by atomic mass is 127. The molecule has 3 N–H and O–H groups in total. The number of hydrazone groups is 1. The second kappa shape index (κ2) is 12.4. The van der Waals surface area contributed by atoms with Crippen molar-refractivity contribution in [3.05, 3.63) is 93.6 Å². The maximum Gasteiger partial charge on any atom is 0.341 e. The van der Waals surface area contributed by atoms with Gasteiger partial charge in [0.2, 0.25) is 10.0 Å². The molecular weight excluding hydrogens is 585 g/mol. The van der Waals surface area contributed by atoms with Crippen LogP contribution in [0.15, 0.2) is 88.9 Å². The number of carboxylic acid groups (broad SMARTS) is 1. The molecule has 0 spiro atoms. The number of ether oxygens (including phenoxy) is 1. The third-order valence-electron chi connectivity index (χ3n) is 4.63. The first kappa shape index (κ1) is 26.3. The van der Waals surface area contributed by atoms with Crippen molar-refractivity contribution in [3.8, 4) is 5.75 Å². The minimum atomic E-state index is -3.97. The Hall–Kier alpha value is -3.29. The number of carboxylic acids is 1. The minimum Gasteiger partial charge on any atom is -0.482 e. The Bertz CT molecular complexity index is 1300. The number of aliphatic carboxylic acids is 1. The largest absolute Gasteiger partial charge is 0.482 e. The zero-order valence-electron chi connectivity index (χ0n) is 18.3. The number of sulfonamides is 1. The van der Waals surface area contributed by atoms with Crippen LogP contribution in [-0.4, -0.2) is 44.3 Å². The van der Waals surface area contributed by atoms with Gasteiger partial charge in [0, 0.05) is 3.57 Å². The average molecular weight is 607 g/mol. The van der Waals surface area contributed by atoms with Crippen molar-refractivity contribution in [1.29, 1.82) is 0 Å². The minimum absolute atomic E-state index is 0.0467. The van der Waals surface area contributed by atoms with E-state index in [1.807, 2.05) is 6.07 Å². The van der Waals surface area contributed by atoms with Crippen LogP contribution in [0, 0.1) is 3.57 Å². The number of benzene rings is 3. The van der Waals surface area contributed by atoms with Gasteiger partial charge >= 0.3 is 5.97 Å². The zero-order chi connectivity index (χ0) is 25.3. The molecule has 0 aromatic heterocycles. The summed E-state index contributed by atoms with van der Waals surface area (Å²) in [5.74, 6) is -1.42. The maximum absolute atomic E-state index is 12.9. The average Bonchev–Trinajstić information content (AvgIpc) is 2.83. The molecule has 0 heterocycles. The van der Waals surface area contributed by atoms with E-state index in [0.717, 1.165) is 9.13 Å². The van der Waals surface area contributed by atoms with Crippen LogP contribution in [0.1, 0.15) is 11.1 Å². The molecule has 0 aliphatic rings.